The van der Waals surface area contributed by atoms with Gasteiger partial charge in [-0.15, -0.1) is 10.2 Å². The molecule has 1 aliphatic heterocycles. The molecule has 0 bridgehead atoms. The molecule has 0 saturated heterocycles. The summed E-state index contributed by atoms with van der Waals surface area (Å²) in [4.78, 5) is 3.10. The third kappa shape index (κ3) is 2.71. The zero-order valence-electron chi connectivity index (χ0n) is 13.7. The third-order valence-electron chi connectivity index (χ3n) is 4.10. The van der Waals surface area contributed by atoms with Crippen molar-refractivity contribution in [3.8, 4) is 22.1 Å². The Morgan fingerprint density at radius 2 is 1.92 bits per heavy atom. The van der Waals surface area contributed by atoms with E-state index in [1.807, 2.05) is 22.7 Å². The van der Waals surface area contributed by atoms with E-state index in [4.69, 9.17) is 14.6 Å². The van der Waals surface area contributed by atoms with E-state index in [-0.39, 0.29) is 0 Å². The Kier molecular flexibility index (Phi) is 4.07. The van der Waals surface area contributed by atoms with Crippen LogP contribution in [0, 0.1) is 0 Å². The molecule has 0 saturated carbocycles. The van der Waals surface area contributed by atoms with Gasteiger partial charge in [0.2, 0.25) is 4.96 Å². The van der Waals surface area contributed by atoms with Crippen LogP contribution in [0.2, 0.25) is 0 Å². The second kappa shape index (κ2) is 6.37. The molecule has 0 atom stereocenters. The predicted octanol–water partition coefficient (Wildman–Crippen LogP) is 2.47. The fourth-order valence-corrected chi connectivity index (χ4v) is 3.55. The first-order valence-electron chi connectivity index (χ1n) is 8.12. The predicted molar refractivity (Wildman–Crippen MR) is 91.7 cm³/mol. The molecule has 4 rings (SSSR count). The van der Waals surface area contributed by atoms with Crippen molar-refractivity contribution in [1.82, 2.24) is 24.7 Å². The minimum absolute atomic E-state index is 0.579. The molecule has 7 nitrogen and oxygen atoms in total. The van der Waals surface area contributed by atoms with E-state index in [0.29, 0.717) is 13.2 Å². The van der Waals surface area contributed by atoms with Gasteiger partial charge >= 0.3 is 0 Å². The fraction of sp³-hybridized carbons (Fsp3) is 0.438. The maximum atomic E-state index is 5.66. The lowest BCUT2D eigenvalue weighted by Gasteiger charge is -2.18. The van der Waals surface area contributed by atoms with Crippen LogP contribution in [0.4, 0.5) is 0 Å². The Balaban J connectivity index is 1.67. The fourth-order valence-electron chi connectivity index (χ4n) is 2.70. The first-order valence-corrected chi connectivity index (χ1v) is 8.93. The van der Waals surface area contributed by atoms with Gasteiger partial charge in [-0.1, -0.05) is 25.2 Å². The number of hydrogen-bond donors (Lipinski definition) is 0. The molecule has 0 aliphatic carbocycles. The van der Waals surface area contributed by atoms with Crippen molar-refractivity contribution in [2.24, 2.45) is 0 Å². The zero-order chi connectivity index (χ0) is 16.5. The lowest BCUT2D eigenvalue weighted by atomic mass is 10.2. The van der Waals surface area contributed by atoms with Crippen molar-refractivity contribution in [2.75, 3.05) is 26.3 Å². The summed E-state index contributed by atoms with van der Waals surface area (Å²) in [5, 5.41) is 14.1. The third-order valence-corrected chi connectivity index (χ3v) is 5.05. The topological polar surface area (TPSA) is 64.8 Å². The van der Waals surface area contributed by atoms with Gasteiger partial charge in [0.15, 0.2) is 17.3 Å². The minimum atomic E-state index is 0.579. The molecular weight excluding hydrogens is 326 g/mol. The van der Waals surface area contributed by atoms with Crippen LogP contribution in [-0.2, 0) is 6.54 Å². The van der Waals surface area contributed by atoms with Crippen molar-refractivity contribution < 1.29 is 9.47 Å². The van der Waals surface area contributed by atoms with Crippen molar-refractivity contribution in [1.29, 1.82) is 0 Å². The summed E-state index contributed by atoms with van der Waals surface area (Å²) in [6.07, 6.45) is 0. The van der Waals surface area contributed by atoms with Crippen molar-refractivity contribution >= 4 is 16.3 Å². The van der Waals surface area contributed by atoms with Crippen molar-refractivity contribution in [3.63, 3.8) is 0 Å². The molecule has 8 heteroatoms. The Morgan fingerprint density at radius 1 is 1.12 bits per heavy atom. The Bertz CT molecular complexity index is 855. The molecule has 0 radical (unpaired) electrons. The molecular formula is C16H19N5O2S. The van der Waals surface area contributed by atoms with Crippen LogP contribution in [0.15, 0.2) is 18.2 Å². The number of nitrogens with zero attached hydrogens (tertiary/aromatic N) is 5. The molecule has 126 valence electrons. The van der Waals surface area contributed by atoms with Crippen LogP contribution in [-0.4, -0.2) is 51.0 Å². The number of hydrogen-bond acceptors (Lipinski definition) is 7. The zero-order valence-corrected chi connectivity index (χ0v) is 14.5. The Morgan fingerprint density at radius 3 is 2.71 bits per heavy atom. The van der Waals surface area contributed by atoms with Crippen molar-refractivity contribution in [2.45, 2.75) is 20.4 Å². The molecule has 0 spiro atoms. The molecule has 1 aliphatic rings. The molecule has 0 fully saturated rings. The van der Waals surface area contributed by atoms with Crippen LogP contribution in [0.3, 0.4) is 0 Å². The lowest BCUT2D eigenvalue weighted by Crippen LogP contribution is -2.23. The molecule has 1 aromatic carbocycles. The van der Waals surface area contributed by atoms with Gasteiger partial charge < -0.3 is 9.47 Å². The Hall–Kier alpha value is -2.19. The van der Waals surface area contributed by atoms with Gasteiger partial charge in [0.05, 0.1) is 6.54 Å². The molecule has 0 amide bonds. The second-order valence-corrected chi connectivity index (χ2v) is 6.49. The quantitative estimate of drug-likeness (QED) is 0.708. The van der Waals surface area contributed by atoms with Crippen LogP contribution in [0.25, 0.3) is 15.5 Å². The number of benzene rings is 1. The molecule has 0 unspecified atom stereocenters. The largest absolute Gasteiger partial charge is 0.486 e. The summed E-state index contributed by atoms with van der Waals surface area (Å²) in [6.45, 7) is 8.16. The number of aromatic nitrogens is 4. The number of fused-ring (bicyclic) bond motifs is 2. The first kappa shape index (κ1) is 15.3. The first-order chi connectivity index (χ1) is 11.8. The van der Waals surface area contributed by atoms with E-state index in [2.05, 4.69) is 28.9 Å². The van der Waals surface area contributed by atoms with Gasteiger partial charge in [0.1, 0.15) is 18.2 Å². The van der Waals surface area contributed by atoms with Crippen LogP contribution >= 0.6 is 11.3 Å². The summed E-state index contributed by atoms with van der Waals surface area (Å²) >= 11 is 1.53. The summed E-state index contributed by atoms with van der Waals surface area (Å²) in [6, 6.07) is 5.91. The number of ether oxygens (including phenoxy) is 2. The molecule has 24 heavy (non-hydrogen) atoms. The average Bonchev–Trinajstić information content (AvgIpc) is 3.20. The second-order valence-electron chi connectivity index (χ2n) is 5.54. The summed E-state index contributed by atoms with van der Waals surface area (Å²) < 4.78 is 13.1. The van der Waals surface area contributed by atoms with E-state index in [1.54, 1.807) is 0 Å². The number of rotatable bonds is 5. The maximum Gasteiger partial charge on any atom is 0.235 e. The standard InChI is InChI=1S/C16H19N5O2S/c1-3-20(4-2)10-14-17-18-16-21(14)19-15(24-16)11-5-6-12-13(9-11)23-8-7-22-12/h5-6,9H,3-4,7-8,10H2,1-2H3. The summed E-state index contributed by atoms with van der Waals surface area (Å²) in [5.74, 6) is 2.43. The molecule has 0 N–H and O–H groups in total. The van der Waals surface area contributed by atoms with Gasteiger partial charge in [-0.3, -0.25) is 4.90 Å². The van der Waals surface area contributed by atoms with Gasteiger partial charge in [0.25, 0.3) is 0 Å². The van der Waals surface area contributed by atoms with E-state index >= 15 is 0 Å². The molecule has 3 heterocycles. The van der Waals surface area contributed by atoms with Gasteiger partial charge in [0, 0.05) is 5.56 Å². The summed E-state index contributed by atoms with van der Waals surface area (Å²) in [7, 11) is 0. The average molecular weight is 345 g/mol. The smallest absolute Gasteiger partial charge is 0.235 e. The van der Waals surface area contributed by atoms with E-state index in [1.165, 1.54) is 11.3 Å². The normalized spacial score (nSPS) is 13.8. The highest BCUT2D eigenvalue weighted by Crippen LogP contribution is 2.35. The van der Waals surface area contributed by atoms with Gasteiger partial charge in [-0.25, -0.2) is 0 Å². The van der Waals surface area contributed by atoms with Crippen molar-refractivity contribution in [3.05, 3.63) is 24.0 Å². The van der Waals surface area contributed by atoms with E-state index in [9.17, 15) is 0 Å². The van der Waals surface area contributed by atoms with Gasteiger partial charge in [-0.05, 0) is 31.3 Å². The lowest BCUT2D eigenvalue weighted by molar-refractivity contribution is 0.171. The molecule has 3 aromatic rings. The highest BCUT2D eigenvalue weighted by molar-refractivity contribution is 7.19. The molecule has 2 aromatic heterocycles. The Labute approximate surface area is 143 Å². The monoisotopic (exact) mass is 345 g/mol. The van der Waals surface area contributed by atoms with Crippen LogP contribution < -0.4 is 9.47 Å². The highest BCUT2D eigenvalue weighted by atomic mass is 32.1. The van der Waals surface area contributed by atoms with E-state index in [0.717, 1.165) is 52.5 Å². The van der Waals surface area contributed by atoms with Crippen LogP contribution in [0.5, 0.6) is 11.5 Å². The van der Waals surface area contributed by atoms with Crippen LogP contribution in [0.1, 0.15) is 19.7 Å². The SMILES string of the molecule is CCN(CC)Cc1nnc2sc(-c3ccc4c(c3)OCCO4)nn12. The summed E-state index contributed by atoms with van der Waals surface area (Å²) in [5.41, 5.74) is 1.00. The van der Waals surface area contributed by atoms with E-state index < -0.39 is 0 Å². The minimum Gasteiger partial charge on any atom is -0.486 e. The van der Waals surface area contributed by atoms with Gasteiger partial charge in [-0.2, -0.15) is 9.61 Å². The maximum absolute atomic E-state index is 5.66. The highest BCUT2D eigenvalue weighted by Gasteiger charge is 2.17.